The van der Waals surface area contributed by atoms with Crippen molar-refractivity contribution < 1.29 is 287 Å². The van der Waals surface area contributed by atoms with Crippen LogP contribution >= 0.6 is 0 Å². The number of carboxylic acid groups (broad SMARTS) is 1. The van der Waals surface area contributed by atoms with Gasteiger partial charge in [-0.2, -0.15) is 0 Å². The van der Waals surface area contributed by atoms with Gasteiger partial charge < -0.3 is 285 Å². The van der Waals surface area contributed by atoms with Gasteiger partial charge in [-0.25, -0.2) is 4.79 Å². The molecule has 0 saturated carbocycles. The Morgan fingerprint density at radius 1 is 0.331 bits per heavy atom. The summed E-state index contributed by atoms with van der Waals surface area (Å²) in [5, 5.41) is 366. The van der Waals surface area contributed by atoms with Gasteiger partial charge >= 0.3 is 5.97 Å². The predicted octanol–water partition coefficient (Wildman–Crippen LogP) is -24.2. The summed E-state index contributed by atoms with van der Waals surface area (Å²) in [6, 6.07) is -12.1. The van der Waals surface area contributed by atoms with Crippen LogP contribution in [0.1, 0.15) is 54.9 Å². The number of carboxylic acids is 1. The molecule has 145 heavy (non-hydrogen) atoms. The Bertz CT molecular complexity index is 4090. The fourth-order valence-electron chi connectivity index (χ4n) is 18.4. The first kappa shape index (κ1) is 121. The summed E-state index contributed by atoms with van der Waals surface area (Å²) in [5.74, 6) is -11.6. The molecular formula is C81H136N6O58. The second-order valence-electron chi connectivity index (χ2n) is 36.5. The molecule has 10 aliphatic heterocycles. The molecule has 0 aromatic rings. The summed E-state index contributed by atoms with van der Waals surface area (Å²) in [6.07, 6.45) is -111. The Labute approximate surface area is 821 Å². The summed E-state index contributed by atoms with van der Waals surface area (Å²) < 4.78 is 122. The van der Waals surface area contributed by atoms with Gasteiger partial charge in [0.15, 0.2) is 56.6 Å². The number of ether oxygens (including phenoxy) is 20. The van der Waals surface area contributed by atoms with Crippen molar-refractivity contribution in [1.82, 2.24) is 31.9 Å². The zero-order valence-electron chi connectivity index (χ0n) is 78.5. The van der Waals surface area contributed by atoms with Crippen molar-refractivity contribution in [3.8, 4) is 0 Å². The van der Waals surface area contributed by atoms with Crippen LogP contribution in [0.2, 0.25) is 0 Å². The number of hydrogen-bond donors (Lipinski definition) is 37. The number of amides is 6. The Morgan fingerprint density at radius 3 is 1.14 bits per heavy atom. The third kappa shape index (κ3) is 27.9. The van der Waals surface area contributed by atoms with Gasteiger partial charge in [0.05, 0.1) is 97.0 Å². The lowest BCUT2D eigenvalue weighted by molar-refractivity contribution is -0.407. The molecule has 0 radical (unpaired) electrons. The lowest BCUT2D eigenvalue weighted by Crippen LogP contribution is -2.71. The number of hydrogen-bond acceptors (Lipinski definition) is 57. The molecular weight excluding hydrogens is 1980 g/mol. The van der Waals surface area contributed by atoms with E-state index in [-0.39, 0.29) is 0 Å². The minimum absolute atomic E-state index is 0.835. The number of aliphatic hydroxyl groups is 30. The quantitative estimate of drug-likeness (QED) is 0.0270. The number of rotatable bonds is 43. The SMILES string of the molecule is CC(=O)N[C@H]1[C@H]([C@H](O)[C@H](O)CO)OC(O[C@H]2[C@@H](O)[C@@H](CO)OC(O[C@H]3[C@H](O)[C@@H](NC(C)=O)C(O[C@@H]4C(OC[C@H]5OC(O[C@H]6[C@H](O)[C@@H](NC(C)=O)C(O[C@@H]([C@H](O)[C@H](CO)NC(C)=O)[C@H](O)COC7O[C@@H](C)[C@@H](O)[C@@H](O)[C@@H]7O)O[C@@H]6CO)[C@@H](O)[C@@H](OC6O[C@H](CO)[C@@H](O)[C@H](O)[C@@H]6OC6O[C@H](CO)[C@@H](O)[C@H](O)[C@H]6NC(C)=O)[C@@H]5OC5O[C@H](CO)[C@@H](O)[C@H](O)[C@H]5NC(C)=O)O[C@H](CO)[C@@H](O)[C@@H]4O)O[C@@H]3CO)[C@@H]2O)(C(=O)O)C[C@@H]1O. The highest BCUT2D eigenvalue weighted by Crippen LogP contribution is 2.44. The van der Waals surface area contributed by atoms with Crippen LogP contribution in [-0.4, -0.2) is 609 Å². The van der Waals surface area contributed by atoms with Crippen LogP contribution < -0.4 is 31.9 Å². The molecule has 64 heteroatoms. The highest BCUT2D eigenvalue weighted by atomic mass is 16.8. The third-order valence-corrected chi connectivity index (χ3v) is 26.0. The molecule has 10 fully saturated rings. The first-order chi connectivity index (χ1) is 68.3. The Balaban J connectivity index is 1.06. The number of carbonyl (C=O) groups is 7. The Morgan fingerprint density at radius 2 is 0.703 bits per heavy atom. The van der Waals surface area contributed by atoms with Gasteiger partial charge in [0, 0.05) is 48.0 Å². The maximum atomic E-state index is 13.5. The van der Waals surface area contributed by atoms with E-state index < -0.39 is 457 Å². The van der Waals surface area contributed by atoms with E-state index in [1.54, 1.807) is 0 Å². The largest absolute Gasteiger partial charge is 0.477 e. The molecule has 0 bridgehead atoms. The van der Waals surface area contributed by atoms with Gasteiger partial charge in [-0.15, -0.1) is 0 Å². The van der Waals surface area contributed by atoms with Gasteiger partial charge in [0.2, 0.25) is 35.4 Å². The molecule has 0 spiro atoms. The number of aliphatic carboxylic acids is 1. The van der Waals surface area contributed by atoms with Crippen LogP contribution in [0.25, 0.3) is 0 Å². The van der Waals surface area contributed by atoms with Crippen molar-refractivity contribution in [1.29, 1.82) is 0 Å². The molecule has 55 atom stereocenters. The van der Waals surface area contributed by atoms with E-state index in [1.807, 2.05) is 0 Å². The molecule has 10 rings (SSSR count). The number of aliphatic hydroxyl groups excluding tert-OH is 30. The molecule has 6 amide bonds. The monoisotopic (exact) mass is 2120 g/mol. The number of carbonyl (C=O) groups excluding carboxylic acids is 6. The number of nitrogens with one attached hydrogen (secondary N) is 6. The smallest absolute Gasteiger partial charge is 0.364 e. The van der Waals surface area contributed by atoms with E-state index in [2.05, 4.69) is 31.9 Å². The van der Waals surface area contributed by atoms with E-state index >= 15 is 0 Å². The molecule has 10 heterocycles. The van der Waals surface area contributed by atoms with Crippen molar-refractivity contribution in [3.05, 3.63) is 0 Å². The van der Waals surface area contributed by atoms with Gasteiger partial charge in [-0.05, 0) is 6.92 Å². The maximum absolute atomic E-state index is 13.5. The average Bonchev–Trinajstić information content (AvgIpc) is 0.740. The Hall–Kier alpha value is -5.71. The van der Waals surface area contributed by atoms with Gasteiger partial charge in [0.1, 0.15) is 250 Å². The second kappa shape index (κ2) is 53.2. The fourth-order valence-corrected chi connectivity index (χ4v) is 18.4. The first-order valence-corrected chi connectivity index (χ1v) is 46.0. The minimum Gasteiger partial charge on any atom is -0.477 e. The average molecular weight is 2120 g/mol. The molecule has 10 saturated heterocycles. The third-order valence-electron chi connectivity index (χ3n) is 26.0. The zero-order valence-corrected chi connectivity index (χ0v) is 78.5. The standard InChI is InChI=1S/C81H136N6O58/c1-20-44(106)56(118)59(121)75(128-20)126-18-30(105)62(45(107)27(9-88)82-21(2)97)137-73-42(86-25(6)101)54(116)64(36(16-95)134-73)139-77-61(123)68(141-79-70(58(120)50(112)34(14-93)133-79)143-72-41(85-24(5)100)53(115)48(110)32(12-91)130-72)65(140-71-40(84-23(4)99)52(114)47(109)31(11-90)129-71)38(136-77)19-127-78-69(57(119)49(111)33(13-92)132-78)142-74-43(87-26(7)102)55(117)63(37(17-96)135-74)138-76-60(122)67(51(113)35(15-94)131-76)145-81(80(124)125)8-28(103)39(83-22(3)98)66(144-81)46(108)29(104)10-89/h20,27-79,88-96,103-123H,8-19H2,1-7H3,(H,82,97)(H,83,98)(H,84,99)(H,85,100)(H,86,101)(H,87,102)(H,124,125)/t20-,27-,28-,29+,30+,31+,32+,33+,34+,35+,36+,37+,38+,39+,40+,41+,42+,43+,44+,45+,46+,47+,48+,49+,50+,51-,52+,53+,54+,55+,56+,57-,58-,59-,60+,61-,62+,63+,64+,65+,66+,67-,68+,69-,70-,71?,72?,73?,74?,75?,76?,77?,78?,79?,81?/m0/s1. The topological polar surface area (TPSA) is 1000 Å². The van der Waals surface area contributed by atoms with Gasteiger partial charge in [-0.3, -0.25) is 28.8 Å². The highest BCUT2D eigenvalue weighted by Gasteiger charge is 2.65. The van der Waals surface area contributed by atoms with Crippen LogP contribution in [-0.2, 0) is 128 Å². The fraction of sp³-hybridized carbons (Fsp3) is 0.914. The molecule has 10 aliphatic rings. The van der Waals surface area contributed by atoms with Crippen molar-refractivity contribution >= 4 is 41.4 Å². The summed E-state index contributed by atoms with van der Waals surface area (Å²) >= 11 is 0. The first-order valence-electron chi connectivity index (χ1n) is 46.0. The lowest BCUT2D eigenvalue weighted by atomic mass is 9.88. The minimum atomic E-state index is -3.36. The molecule has 0 aliphatic carbocycles. The molecule has 0 aromatic heterocycles. The van der Waals surface area contributed by atoms with Gasteiger partial charge in [-0.1, -0.05) is 0 Å². The Kier molecular flexibility index (Phi) is 44.5. The van der Waals surface area contributed by atoms with Crippen molar-refractivity contribution in [3.63, 3.8) is 0 Å². The summed E-state index contributed by atoms with van der Waals surface area (Å²) in [5.41, 5.74) is 0. The van der Waals surface area contributed by atoms with Crippen LogP contribution in [0.4, 0.5) is 0 Å². The maximum Gasteiger partial charge on any atom is 0.364 e. The molecule has 10 unspecified atom stereocenters. The lowest BCUT2D eigenvalue weighted by Gasteiger charge is -2.52. The zero-order chi connectivity index (χ0) is 108. The second-order valence-corrected chi connectivity index (χ2v) is 36.5. The van der Waals surface area contributed by atoms with Crippen LogP contribution in [0.3, 0.4) is 0 Å². The summed E-state index contributed by atoms with van der Waals surface area (Å²) in [7, 11) is 0. The van der Waals surface area contributed by atoms with Crippen LogP contribution in [0.5, 0.6) is 0 Å². The highest BCUT2D eigenvalue weighted by molar-refractivity contribution is 5.77. The molecule has 37 N–H and O–H groups in total. The van der Waals surface area contributed by atoms with E-state index in [9.17, 15) is 192 Å². The van der Waals surface area contributed by atoms with E-state index in [1.165, 1.54) is 6.92 Å². The van der Waals surface area contributed by atoms with Crippen LogP contribution in [0, 0.1) is 0 Å². The van der Waals surface area contributed by atoms with Gasteiger partial charge in [0.25, 0.3) is 5.79 Å². The molecule has 64 nitrogen and oxygen atoms in total. The summed E-state index contributed by atoms with van der Waals surface area (Å²) in [6.45, 7) is -7.36. The van der Waals surface area contributed by atoms with E-state index in [4.69, 9.17) is 94.7 Å². The molecule has 0 aromatic carbocycles. The van der Waals surface area contributed by atoms with Crippen LogP contribution in [0.15, 0.2) is 0 Å². The summed E-state index contributed by atoms with van der Waals surface area (Å²) in [4.78, 5) is 91.3. The van der Waals surface area contributed by atoms with Crippen molar-refractivity contribution in [2.24, 2.45) is 0 Å². The van der Waals surface area contributed by atoms with E-state index in [0.717, 1.165) is 41.5 Å². The molecule has 838 valence electrons. The normalized spacial score (nSPS) is 44.9. The predicted molar refractivity (Wildman–Crippen MR) is 450 cm³/mol. The van der Waals surface area contributed by atoms with Crippen molar-refractivity contribution in [2.45, 2.75) is 392 Å². The van der Waals surface area contributed by atoms with Crippen molar-refractivity contribution in [2.75, 3.05) is 72.7 Å². The van der Waals surface area contributed by atoms with E-state index in [0.29, 0.717) is 0 Å².